The Morgan fingerprint density at radius 2 is 1.96 bits per heavy atom. The van der Waals surface area contributed by atoms with Crippen molar-refractivity contribution in [3.63, 3.8) is 0 Å². The second-order valence-electron chi connectivity index (χ2n) is 5.30. The summed E-state index contributed by atoms with van der Waals surface area (Å²) < 4.78 is 12.3. The standard InChI is InChI=1S/C18H16N4O3S/c1-24-17(23)15-6-2-14(3-7-15)11-25-16-8-4-13(5-9-16)10-20-22-12-19-21-18(22)26/h2-10,12H,11H2,1H3,(H,21,26)/b20-10-. The molecule has 7 nitrogen and oxygen atoms in total. The Morgan fingerprint density at radius 1 is 1.23 bits per heavy atom. The fourth-order valence-corrected chi connectivity index (χ4v) is 2.27. The number of aromatic amines is 1. The highest BCUT2D eigenvalue weighted by Gasteiger charge is 2.04. The summed E-state index contributed by atoms with van der Waals surface area (Å²) in [6, 6.07) is 14.6. The number of benzene rings is 2. The summed E-state index contributed by atoms with van der Waals surface area (Å²) >= 11 is 5.02. The third-order valence-corrected chi connectivity index (χ3v) is 3.81. The molecule has 0 aliphatic rings. The van der Waals surface area contributed by atoms with Gasteiger partial charge in [-0.2, -0.15) is 14.9 Å². The first kappa shape index (κ1) is 17.6. The van der Waals surface area contributed by atoms with E-state index in [1.165, 1.54) is 18.1 Å². The number of H-pyrrole nitrogens is 1. The van der Waals surface area contributed by atoms with Crippen molar-refractivity contribution < 1.29 is 14.3 Å². The molecule has 1 N–H and O–H groups in total. The van der Waals surface area contributed by atoms with Gasteiger partial charge < -0.3 is 9.47 Å². The molecule has 2 aromatic carbocycles. The molecule has 0 saturated heterocycles. The van der Waals surface area contributed by atoms with Gasteiger partial charge in [-0.1, -0.05) is 12.1 Å². The molecule has 0 atom stereocenters. The Morgan fingerprint density at radius 3 is 2.58 bits per heavy atom. The van der Waals surface area contributed by atoms with Crippen LogP contribution in [0.3, 0.4) is 0 Å². The van der Waals surface area contributed by atoms with Crippen LogP contribution >= 0.6 is 12.2 Å². The van der Waals surface area contributed by atoms with E-state index >= 15 is 0 Å². The first-order valence-electron chi connectivity index (χ1n) is 7.72. The first-order valence-corrected chi connectivity index (χ1v) is 8.13. The van der Waals surface area contributed by atoms with Crippen LogP contribution in [0.2, 0.25) is 0 Å². The molecule has 0 aliphatic carbocycles. The molecule has 8 heteroatoms. The van der Waals surface area contributed by atoms with Gasteiger partial charge >= 0.3 is 5.97 Å². The first-order chi connectivity index (χ1) is 12.7. The van der Waals surface area contributed by atoms with Gasteiger partial charge in [-0.25, -0.2) is 4.79 Å². The van der Waals surface area contributed by atoms with Crippen LogP contribution in [0.25, 0.3) is 0 Å². The number of nitrogens with zero attached hydrogens (tertiary/aromatic N) is 3. The van der Waals surface area contributed by atoms with Crippen molar-refractivity contribution in [3.05, 3.63) is 76.3 Å². The largest absolute Gasteiger partial charge is 0.489 e. The van der Waals surface area contributed by atoms with Gasteiger partial charge in [-0.3, -0.25) is 5.10 Å². The highest BCUT2D eigenvalue weighted by molar-refractivity contribution is 7.71. The maximum Gasteiger partial charge on any atom is 0.337 e. The predicted octanol–water partition coefficient (Wildman–Crippen LogP) is 3.19. The van der Waals surface area contributed by atoms with Crippen molar-refractivity contribution in [1.29, 1.82) is 0 Å². The number of esters is 1. The lowest BCUT2D eigenvalue weighted by Crippen LogP contribution is -2.02. The molecule has 1 heterocycles. The summed E-state index contributed by atoms with van der Waals surface area (Å²) in [5.74, 6) is 0.380. The summed E-state index contributed by atoms with van der Waals surface area (Å²) in [6.07, 6.45) is 3.18. The number of rotatable bonds is 6. The Bertz CT molecular complexity index is 959. The quantitative estimate of drug-likeness (QED) is 0.410. The van der Waals surface area contributed by atoms with Crippen LogP contribution in [0.4, 0.5) is 0 Å². The predicted molar refractivity (Wildman–Crippen MR) is 99.0 cm³/mol. The van der Waals surface area contributed by atoms with Crippen LogP contribution in [0, 0.1) is 4.77 Å². The third kappa shape index (κ3) is 4.42. The molecule has 0 amide bonds. The van der Waals surface area contributed by atoms with E-state index in [1.54, 1.807) is 18.3 Å². The lowest BCUT2D eigenvalue weighted by molar-refractivity contribution is 0.0600. The van der Waals surface area contributed by atoms with E-state index in [1.807, 2.05) is 36.4 Å². The molecule has 0 unspecified atom stereocenters. The fourth-order valence-electron chi connectivity index (χ4n) is 2.13. The molecule has 0 spiro atoms. The highest BCUT2D eigenvalue weighted by Crippen LogP contribution is 2.14. The normalized spacial score (nSPS) is 10.8. The Labute approximate surface area is 154 Å². The van der Waals surface area contributed by atoms with Gasteiger partial charge in [0.05, 0.1) is 18.9 Å². The molecular formula is C18H16N4O3S. The van der Waals surface area contributed by atoms with E-state index in [-0.39, 0.29) is 5.97 Å². The van der Waals surface area contributed by atoms with Crippen molar-refractivity contribution in [2.45, 2.75) is 6.61 Å². The van der Waals surface area contributed by atoms with Crippen molar-refractivity contribution in [3.8, 4) is 5.75 Å². The number of ether oxygens (including phenoxy) is 2. The third-order valence-electron chi connectivity index (χ3n) is 3.53. The zero-order valence-electron chi connectivity index (χ0n) is 14.0. The molecule has 1 aromatic heterocycles. The number of carbonyl (C=O) groups excluding carboxylic acids is 1. The average Bonchev–Trinajstić information content (AvgIpc) is 3.10. The second-order valence-corrected chi connectivity index (χ2v) is 5.68. The van der Waals surface area contributed by atoms with Crippen LogP contribution in [-0.2, 0) is 11.3 Å². The SMILES string of the molecule is COC(=O)c1ccc(COc2ccc(/C=N\n3cn[nH]c3=S)cc2)cc1. The molecule has 0 aliphatic heterocycles. The number of nitrogens with one attached hydrogen (secondary N) is 1. The molecule has 0 bridgehead atoms. The van der Waals surface area contributed by atoms with Crippen LogP contribution in [0.1, 0.15) is 21.5 Å². The summed E-state index contributed by atoms with van der Waals surface area (Å²) in [6.45, 7) is 0.402. The van der Waals surface area contributed by atoms with Crippen molar-refractivity contribution in [2.75, 3.05) is 7.11 Å². The van der Waals surface area contributed by atoms with Gasteiger partial charge in [-0.05, 0) is 59.7 Å². The maximum atomic E-state index is 11.4. The summed E-state index contributed by atoms with van der Waals surface area (Å²) in [5, 5.41) is 10.6. The maximum absolute atomic E-state index is 11.4. The van der Waals surface area contributed by atoms with Gasteiger partial charge in [0.15, 0.2) is 0 Å². The molecule has 3 rings (SSSR count). The van der Waals surface area contributed by atoms with E-state index in [2.05, 4.69) is 20.0 Å². The minimum atomic E-state index is -0.355. The van der Waals surface area contributed by atoms with Crippen molar-refractivity contribution in [1.82, 2.24) is 14.9 Å². The van der Waals surface area contributed by atoms with E-state index in [4.69, 9.17) is 17.0 Å². The topological polar surface area (TPSA) is 81.5 Å². The van der Waals surface area contributed by atoms with Gasteiger partial charge in [0.1, 0.15) is 18.7 Å². The second kappa shape index (κ2) is 8.21. The van der Waals surface area contributed by atoms with E-state index < -0.39 is 0 Å². The lowest BCUT2D eigenvalue weighted by atomic mass is 10.1. The van der Waals surface area contributed by atoms with Crippen LogP contribution in [0.5, 0.6) is 5.75 Å². The molecule has 132 valence electrons. The van der Waals surface area contributed by atoms with Crippen LogP contribution in [0.15, 0.2) is 60.0 Å². The number of aromatic nitrogens is 3. The highest BCUT2D eigenvalue weighted by atomic mass is 32.1. The lowest BCUT2D eigenvalue weighted by Gasteiger charge is -2.07. The van der Waals surface area contributed by atoms with Gasteiger partial charge in [0.2, 0.25) is 4.77 Å². The van der Waals surface area contributed by atoms with Gasteiger partial charge in [0, 0.05) is 0 Å². The molecule has 26 heavy (non-hydrogen) atoms. The zero-order chi connectivity index (χ0) is 18.4. The minimum absolute atomic E-state index is 0.355. The molecule has 3 aromatic rings. The Balaban J connectivity index is 1.57. The minimum Gasteiger partial charge on any atom is -0.489 e. The smallest absolute Gasteiger partial charge is 0.337 e. The van der Waals surface area contributed by atoms with E-state index in [0.717, 1.165) is 16.9 Å². The number of carbonyl (C=O) groups is 1. The summed E-state index contributed by atoms with van der Waals surface area (Å²) in [7, 11) is 1.36. The van der Waals surface area contributed by atoms with Crippen LogP contribution < -0.4 is 4.74 Å². The van der Waals surface area contributed by atoms with Gasteiger partial charge in [-0.15, -0.1) is 0 Å². The van der Waals surface area contributed by atoms with Crippen LogP contribution in [-0.4, -0.2) is 34.2 Å². The number of hydrogen-bond acceptors (Lipinski definition) is 6. The van der Waals surface area contributed by atoms with Gasteiger partial charge in [0.25, 0.3) is 0 Å². The molecule has 0 fully saturated rings. The monoisotopic (exact) mass is 368 g/mol. The number of methoxy groups -OCH3 is 1. The molecule has 0 saturated carbocycles. The Kier molecular flexibility index (Phi) is 5.55. The molecular weight excluding hydrogens is 352 g/mol. The zero-order valence-corrected chi connectivity index (χ0v) is 14.8. The van der Waals surface area contributed by atoms with E-state index in [9.17, 15) is 4.79 Å². The average molecular weight is 368 g/mol. The summed E-state index contributed by atoms with van der Waals surface area (Å²) in [4.78, 5) is 11.4. The fraction of sp³-hybridized carbons (Fsp3) is 0.111. The van der Waals surface area contributed by atoms with Crippen molar-refractivity contribution >= 4 is 24.4 Å². The van der Waals surface area contributed by atoms with E-state index in [0.29, 0.717) is 16.9 Å². The number of hydrogen-bond donors (Lipinski definition) is 1. The Hall–Kier alpha value is -3.26. The molecule has 0 radical (unpaired) electrons. The van der Waals surface area contributed by atoms with Crippen molar-refractivity contribution in [2.24, 2.45) is 5.10 Å². The summed E-state index contributed by atoms with van der Waals surface area (Å²) in [5.41, 5.74) is 2.37.